The summed E-state index contributed by atoms with van der Waals surface area (Å²) in [6.07, 6.45) is 4.29. The van der Waals surface area contributed by atoms with E-state index in [0.717, 1.165) is 5.56 Å². The molecule has 0 aliphatic rings. The highest BCUT2D eigenvalue weighted by atomic mass is 16.2. The number of nitrogens with zero attached hydrogens (tertiary/aromatic N) is 3. The Bertz CT molecular complexity index is 641. The Hall–Kier alpha value is -2.96. The molecule has 0 aliphatic heterocycles. The number of rotatable bonds is 4. The predicted octanol–water partition coefficient (Wildman–Crippen LogP) is 1.50. The average Bonchev–Trinajstić information content (AvgIpc) is 2.54. The van der Waals surface area contributed by atoms with Crippen molar-refractivity contribution >= 4 is 17.6 Å². The SMILES string of the molecule is CN(C)C(=O)Nc1ccc(CNC(=O)c2cncnc2)cc1. The first-order chi connectivity index (χ1) is 10.6. The van der Waals surface area contributed by atoms with Crippen LogP contribution in [-0.2, 0) is 6.54 Å². The van der Waals surface area contributed by atoms with E-state index in [9.17, 15) is 9.59 Å². The third-order valence-electron chi connectivity index (χ3n) is 2.89. The summed E-state index contributed by atoms with van der Waals surface area (Å²) in [5, 5.41) is 5.52. The molecule has 1 aromatic heterocycles. The lowest BCUT2D eigenvalue weighted by atomic mass is 10.2. The molecule has 1 aromatic carbocycles. The van der Waals surface area contributed by atoms with Gasteiger partial charge in [0.05, 0.1) is 5.56 Å². The molecule has 7 nitrogen and oxygen atoms in total. The fourth-order valence-electron chi connectivity index (χ4n) is 1.64. The van der Waals surface area contributed by atoms with Gasteiger partial charge in [-0.2, -0.15) is 0 Å². The maximum Gasteiger partial charge on any atom is 0.321 e. The van der Waals surface area contributed by atoms with Crippen LogP contribution in [0.3, 0.4) is 0 Å². The van der Waals surface area contributed by atoms with Crippen molar-refractivity contribution in [2.45, 2.75) is 6.54 Å². The molecule has 0 spiro atoms. The first kappa shape index (κ1) is 15.4. The Morgan fingerprint density at radius 2 is 1.73 bits per heavy atom. The fourth-order valence-corrected chi connectivity index (χ4v) is 1.64. The minimum atomic E-state index is -0.231. The van der Waals surface area contributed by atoms with Crippen LogP contribution in [0.5, 0.6) is 0 Å². The predicted molar refractivity (Wildman–Crippen MR) is 82.3 cm³/mol. The Morgan fingerprint density at radius 1 is 1.09 bits per heavy atom. The Balaban J connectivity index is 1.89. The summed E-state index contributed by atoms with van der Waals surface area (Å²) in [5.41, 5.74) is 2.04. The van der Waals surface area contributed by atoms with Gasteiger partial charge in [-0.15, -0.1) is 0 Å². The van der Waals surface area contributed by atoms with E-state index in [2.05, 4.69) is 20.6 Å². The molecule has 2 aromatic rings. The number of hydrogen-bond donors (Lipinski definition) is 2. The largest absolute Gasteiger partial charge is 0.348 e. The Kier molecular flexibility index (Phi) is 5.02. The number of aromatic nitrogens is 2. The molecule has 0 bridgehead atoms. The third-order valence-corrected chi connectivity index (χ3v) is 2.89. The van der Waals surface area contributed by atoms with Gasteiger partial charge in [-0.1, -0.05) is 12.1 Å². The Labute approximate surface area is 128 Å². The van der Waals surface area contributed by atoms with Gasteiger partial charge in [0.15, 0.2) is 0 Å². The number of nitrogens with one attached hydrogen (secondary N) is 2. The zero-order valence-corrected chi connectivity index (χ0v) is 12.4. The highest BCUT2D eigenvalue weighted by molar-refractivity contribution is 5.93. The molecule has 2 rings (SSSR count). The van der Waals surface area contributed by atoms with E-state index in [0.29, 0.717) is 17.8 Å². The van der Waals surface area contributed by atoms with Crippen LogP contribution >= 0.6 is 0 Å². The summed E-state index contributed by atoms with van der Waals surface area (Å²) in [4.78, 5) is 32.4. The summed E-state index contributed by atoms with van der Waals surface area (Å²) >= 11 is 0. The Morgan fingerprint density at radius 3 is 2.32 bits per heavy atom. The van der Waals surface area contributed by atoms with Crippen molar-refractivity contribution in [3.63, 3.8) is 0 Å². The number of anilines is 1. The zero-order chi connectivity index (χ0) is 15.9. The first-order valence-electron chi connectivity index (χ1n) is 6.66. The fraction of sp³-hybridized carbons (Fsp3) is 0.200. The number of urea groups is 1. The van der Waals surface area contributed by atoms with Gasteiger partial charge in [-0.05, 0) is 17.7 Å². The van der Waals surface area contributed by atoms with E-state index in [-0.39, 0.29) is 11.9 Å². The topological polar surface area (TPSA) is 87.2 Å². The van der Waals surface area contributed by atoms with Crippen LogP contribution in [0, 0.1) is 0 Å². The summed E-state index contributed by atoms with van der Waals surface area (Å²) in [6, 6.07) is 7.06. The monoisotopic (exact) mass is 299 g/mol. The standard InChI is InChI=1S/C15H17N5O2/c1-20(2)15(22)19-13-5-3-11(4-6-13)7-18-14(21)12-8-16-10-17-9-12/h3-6,8-10H,7H2,1-2H3,(H,18,21)(H,19,22). The highest BCUT2D eigenvalue weighted by Crippen LogP contribution is 2.10. The summed E-state index contributed by atoms with van der Waals surface area (Å²) in [5.74, 6) is -0.231. The van der Waals surface area contributed by atoms with E-state index in [1.54, 1.807) is 26.2 Å². The normalized spacial score (nSPS) is 9.91. The smallest absolute Gasteiger partial charge is 0.321 e. The van der Waals surface area contributed by atoms with E-state index in [1.807, 2.05) is 12.1 Å². The number of carbonyl (C=O) groups is 2. The molecular weight excluding hydrogens is 282 g/mol. The molecule has 2 N–H and O–H groups in total. The van der Waals surface area contributed by atoms with Gasteiger partial charge in [0, 0.05) is 38.7 Å². The van der Waals surface area contributed by atoms with Crippen molar-refractivity contribution in [1.29, 1.82) is 0 Å². The molecule has 0 fully saturated rings. The quantitative estimate of drug-likeness (QED) is 0.895. The van der Waals surface area contributed by atoms with Crippen LogP contribution in [0.1, 0.15) is 15.9 Å². The van der Waals surface area contributed by atoms with Crippen molar-refractivity contribution < 1.29 is 9.59 Å². The highest BCUT2D eigenvalue weighted by Gasteiger charge is 2.06. The maximum atomic E-state index is 11.9. The van der Waals surface area contributed by atoms with Gasteiger partial charge in [-0.25, -0.2) is 14.8 Å². The average molecular weight is 299 g/mol. The minimum absolute atomic E-state index is 0.190. The third kappa shape index (κ3) is 4.27. The summed E-state index contributed by atoms with van der Waals surface area (Å²) < 4.78 is 0. The van der Waals surface area contributed by atoms with Gasteiger partial charge in [0.1, 0.15) is 6.33 Å². The lowest BCUT2D eigenvalue weighted by molar-refractivity contribution is 0.0950. The van der Waals surface area contributed by atoms with Crippen molar-refractivity contribution in [1.82, 2.24) is 20.2 Å². The van der Waals surface area contributed by atoms with Gasteiger partial charge in [0.25, 0.3) is 5.91 Å². The van der Waals surface area contributed by atoms with E-state index < -0.39 is 0 Å². The lowest BCUT2D eigenvalue weighted by Gasteiger charge is -2.12. The van der Waals surface area contributed by atoms with Crippen LogP contribution < -0.4 is 10.6 Å². The molecule has 3 amide bonds. The molecule has 1 heterocycles. The van der Waals surface area contributed by atoms with Crippen molar-refractivity contribution in [3.05, 3.63) is 54.1 Å². The molecule has 0 saturated carbocycles. The van der Waals surface area contributed by atoms with Crippen LogP contribution in [0.4, 0.5) is 10.5 Å². The van der Waals surface area contributed by atoms with E-state index in [1.165, 1.54) is 23.6 Å². The minimum Gasteiger partial charge on any atom is -0.348 e. The van der Waals surface area contributed by atoms with Gasteiger partial charge >= 0.3 is 6.03 Å². The van der Waals surface area contributed by atoms with Gasteiger partial charge < -0.3 is 15.5 Å². The zero-order valence-electron chi connectivity index (χ0n) is 12.4. The maximum absolute atomic E-state index is 11.9. The molecule has 0 radical (unpaired) electrons. The molecule has 22 heavy (non-hydrogen) atoms. The van der Waals surface area contributed by atoms with E-state index >= 15 is 0 Å². The van der Waals surface area contributed by atoms with Crippen LogP contribution in [0.15, 0.2) is 43.0 Å². The second-order valence-corrected chi connectivity index (χ2v) is 4.83. The second-order valence-electron chi connectivity index (χ2n) is 4.83. The lowest BCUT2D eigenvalue weighted by Crippen LogP contribution is -2.27. The summed E-state index contributed by atoms with van der Waals surface area (Å²) in [6.45, 7) is 0.385. The molecule has 0 unspecified atom stereocenters. The second kappa shape index (κ2) is 7.16. The van der Waals surface area contributed by atoms with Gasteiger partial charge in [-0.3, -0.25) is 4.79 Å². The van der Waals surface area contributed by atoms with Crippen LogP contribution in [0.2, 0.25) is 0 Å². The van der Waals surface area contributed by atoms with Crippen LogP contribution in [-0.4, -0.2) is 40.9 Å². The number of hydrogen-bond acceptors (Lipinski definition) is 4. The van der Waals surface area contributed by atoms with Crippen molar-refractivity contribution in [2.75, 3.05) is 19.4 Å². The number of amides is 3. The summed E-state index contributed by atoms with van der Waals surface area (Å²) in [7, 11) is 3.35. The molecule has 7 heteroatoms. The number of benzene rings is 1. The molecular formula is C15H17N5O2. The van der Waals surface area contributed by atoms with Crippen LogP contribution in [0.25, 0.3) is 0 Å². The van der Waals surface area contributed by atoms with E-state index in [4.69, 9.17) is 0 Å². The molecule has 0 saturated heterocycles. The van der Waals surface area contributed by atoms with Gasteiger partial charge in [0.2, 0.25) is 0 Å². The molecule has 0 aliphatic carbocycles. The first-order valence-corrected chi connectivity index (χ1v) is 6.66. The van der Waals surface area contributed by atoms with Crippen molar-refractivity contribution in [2.24, 2.45) is 0 Å². The van der Waals surface area contributed by atoms with Crippen molar-refractivity contribution in [3.8, 4) is 0 Å². The molecule has 114 valence electrons. The number of carbonyl (C=O) groups excluding carboxylic acids is 2. The molecule has 0 atom stereocenters.